The van der Waals surface area contributed by atoms with Crippen LogP contribution in [0.1, 0.15) is 11.1 Å². The third-order valence-electron chi connectivity index (χ3n) is 3.15. The first kappa shape index (κ1) is 18.5. The second-order valence-electron chi connectivity index (χ2n) is 5.46. The van der Waals surface area contributed by atoms with Crippen LogP contribution in [0.25, 0.3) is 0 Å². The Bertz CT molecular complexity index is 563. The van der Waals surface area contributed by atoms with Crippen LogP contribution in [0, 0.1) is 0 Å². The van der Waals surface area contributed by atoms with Crippen LogP contribution in [-0.4, -0.2) is 53.5 Å². The number of hydrogen-bond acceptors (Lipinski definition) is 2. The molecule has 0 bridgehead atoms. The SMILES string of the molecule is CN(C)C(=NCc1ccc(Cn2ccnc2)cc1)N(C)C.I. The normalized spacial score (nSPS) is 9.82. The molecule has 0 radical (unpaired) electrons. The predicted octanol–water partition coefficient (Wildman–Crippen LogP) is 2.53. The van der Waals surface area contributed by atoms with E-state index in [-0.39, 0.29) is 24.0 Å². The smallest absolute Gasteiger partial charge is 0.195 e. The van der Waals surface area contributed by atoms with E-state index < -0.39 is 0 Å². The summed E-state index contributed by atoms with van der Waals surface area (Å²) in [5.41, 5.74) is 2.48. The van der Waals surface area contributed by atoms with Crippen LogP contribution in [0.15, 0.2) is 48.0 Å². The third-order valence-corrected chi connectivity index (χ3v) is 3.15. The molecule has 0 aliphatic rings. The molecule has 0 N–H and O–H groups in total. The largest absolute Gasteiger partial charge is 0.349 e. The standard InChI is InChI=1S/C16H23N5.HI/c1-19(2)16(20(3)4)18-11-14-5-7-15(8-6-14)12-21-10-9-17-13-21;/h5-10,13H,11-12H2,1-4H3;1H. The summed E-state index contributed by atoms with van der Waals surface area (Å²) in [6, 6.07) is 8.57. The van der Waals surface area contributed by atoms with Crippen LogP contribution < -0.4 is 0 Å². The van der Waals surface area contributed by atoms with E-state index in [1.807, 2.05) is 50.5 Å². The fourth-order valence-corrected chi connectivity index (χ4v) is 2.19. The number of rotatable bonds is 4. The third kappa shape index (κ3) is 5.32. The van der Waals surface area contributed by atoms with E-state index in [1.54, 1.807) is 6.20 Å². The van der Waals surface area contributed by atoms with E-state index in [0.717, 1.165) is 12.5 Å². The minimum Gasteiger partial charge on any atom is -0.349 e. The summed E-state index contributed by atoms with van der Waals surface area (Å²) in [7, 11) is 8.03. The lowest BCUT2D eigenvalue weighted by Gasteiger charge is -2.22. The number of benzene rings is 1. The van der Waals surface area contributed by atoms with Gasteiger partial charge in [-0.2, -0.15) is 0 Å². The zero-order valence-corrected chi connectivity index (χ0v) is 15.9. The topological polar surface area (TPSA) is 36.7 Å². The lowest BCUT2D eigenvalue weighted by atomic mass is 10.1. The molecule has 6 heteroatoms. The van der Waals surface area contributed by atoms with E-state index in [9.17, 15) is 0 Å². The monoisotopic (exact) mass is 413 g/mol. The number of aromatic nitrogens is 2. The number of imidazole rings is 1. The Morgan fingerprint density at radius 3 is 2.14 bits per heavy atom. The summed E-state index contributed by atoms with van der Waals surface area (Å²) >= 11 is 0. The van der Waals surface area contributed by atoms with Gasteiger partial charge < -0.3 is 14.4 Å². The van der Waals surface area contributed by atoms with Gasteiger partial charge in [0.2, 0.25) is 0 Å². The minimum atomic E-state index is 0. The van der Waals surface area contributed by atoms with Crippen LogP contribution in [-0.2, 0) is 13.1 Å². The van der Waals surface area contributed by atoms with Gasteiger partial charge in [-0.1, -0.05) is 24.3 Å². The molecule has 0 saturated heterocycles. The summed E-state index contributed by atoms with van der Waals surface area (Å²) in [4.78, 5) is 12.7. The van der Waals surface area contributed by atoms with Crippen molar-refractivity contribution < 1.29 is 0 Å². The molecule has 2 rings (SSSR count). The fourth-order valence-electron chi connectivity index (χ4n) is 2.19. The highest BCUT2D eigenvalue weighted by Crippen LogP contribution is 2.08. The van der Waals surface area contributed by atoms with Crippen molar-refractivity contribution in [3.63, 3.8) is 0 Å². The van der Waals surface area contributed by atoms with E-state index in [1.165, 1.54) is 11.1 Å². The molecule has 2 aromatic rings. The van der Waals surface area contributed by atoms with E-state index in [0.29, 0.717) is 6.54 Å². The van der Waals surface area contributed by atoms with Crippen molar-refractivity contribution >= 4 is 29.9 Å². The lowest BCUT2D eigenvalue weighted by molar-refractivity contribution is 0.479. The fraction of sp³-hybridized carbons (Fsp3) is 0.375. The van der Waals surface area contributed by atoms with Gasteiger partial charge in [0.15, 0.2) is 5.96 Å². The predicted molar refractivity (Wildman–Crippen MR) is 102 cm³/mol. The lowest BCUT2D eigenvalue weighted by Crippen LogP contribution is -2.35. The van der Waals surface area contributed by atoms with Crippen molar-refractivity contribution in [2.24, 2.45) is 4.99 Å². The molecule has 0 aliphatic heterocycles. The Kier molecular flexibility index (Phi) is 7.37. The maximum absolute atomic E-state index is 4.65. The van der Waals surface area contributed by atoms with E-state index in [2.05, 4.69) is 38.8 Å². The molecule has 1 aromatic heterocycles. The first-order valence-corrected chi connectivity index (χ1v) is 6.99. The molecule has 1 aromatic carbocycles. The summed E-state index contributed by atoms with van der Waals surface area (Å²) < 4.78 is 2.06. The van der Waals surface area contributed by atoms with E-state index in [4.69, 9.17) is 0 Å². The quantitative estimate of drug-likeness (QED) is 0.439. The number of nitrogens with zero attached hydrogens (tertiary/aromatic N) is 5. The van der Waals surface area contributed by atoms with Gasteiger partial charge in [0.1, 0.15) is 0 Å². The van der Waals surface area contributed by atoms with Gasteiger partial charge >= 0.3 is 0 Å². The zero-order chi connectivity index (χ0) is 15.2. The van der Waals surface area contributed by atoms with Gasteiger partial charge in [-0.15, -0.1) is 24.0 Å². The molecule has 120 valence electrons. The maximum Gasteiger partial charge on any atom is 0.195 e. The second-order valence-corrected chi connectivity index (χ2v) is 5.46. The van der Waals surface area contributed by atoms with Crippen molar-refractivity contribution in [3.8, 4) is 0 Å². The van der Waals surface area contributed by atoms with Crippen LogP contribution in [0.5, 0.6) is 0 Å². The van der Waals surface area contributed by atoms with Gasteiger partial charge in [0.25, 0.3) is 0 Å². The summed E-state index contributed by atoms with van der Waals surface area (Å²) in [6.07, 6.45) is 5.60. The minimum absolute atomic E-state index is 0. The highest BCUT2D eigenvalue weighted by Gasteiger charge is 2.03. The molecule has 0 unspecified atom stereocenters. The van der Waals surface area contributed by atoms with Crippen LogP contribution in [0.4, 0.5) is 0 Å². The van der Waals surface area contributed by atoms with Crippen molar-refractivity contribution in [3.05, 3.63) is 54.1 Å². The molecule has 5 nitrogen and oxygen atoms in total. The Labute approximate surface area is 149 Å². The van der Waals surface area contributed by atoms with Crippen LogP contribution >= 0.6 is 24.0 Å². The second kappa shape index (κ2) is 8.77. The van der Waals surface area contributed by atoms with Crippen LogP contribution in [0.2, 0.25) is 0 Å². The zero-order valence-electron chi connectivity index (χ0n) is 13.6. The Balaban J connectivity index is 0.00000242. The molecule has 22 heavy (non-hydrogen) atoms. The molecule has 0 saturated carbocycles. The highest BCUT2D eigenvalue weighted by atomic mass is 127. The first-order valence-electron chi connectivity index (χ1n) is 6.99. The average molecular weight is 413 g/mol. The molecule has 1 heterocycles. The maximum atomic E-state index is 4.65. The molecule has 0 amide bonds. The Morgan fingerprint density at radius 2 is 1.64 bits per heavy atom. The molecule has 0 fully saturated rings. The first-order chi connectivity index (χ1) is 10.1. The average Bonchev–Trinajstić information content (AvgIpc) is 2.93. The molecule has 0 spiro atoms. The van der Waals surface area contributed by atoms with Crippen molar-refractivity contribution in [2.45, 2.75) is 13.1 Å². The number of halogens is 1. The van der Waals surface area contributed by atoms with Gasteiger partial charge in [0, 0.05) is 47.1 Å². The summed E-state index contributed by atoms with van der Waals surface area (Å²) in [5, 5.41) is 0. The van der Waals surface area contributed by atoms with E-state index >= 15 is 0 Å². The number of guanidine groups is 1. The van der Waals surface area contributed by atoms with Gasteiger partial charge in [-0.25, -0.2) is 9.98 Å². The van der Waals surface area contributed by atoms with Crippen molar-refractivity contribution in [2.75, 3.05) is 28.2 Å². The Hall–Kier alpha value is -1.57. The van der Waals surface area contributed by atoms with Gasteiger partial charge in [-0.3, -0.25) is 0 Å². The van der Waals surface area contributed by atoms with Crippen LogP contribution in [0.3, 0.4) is 0 Å². The van der Waals surface area contributed by atoms with Crippen molar-refractivity contribution in [1.29, 1.82) is 0 Å². The van der Waals surface area contributed by atoms with Gasteiger partial charge in [0.05, 0.1) is 12.9 Å². The molecular weight excluding hydrogens is 389 g/mol. The van der Waals surface area contributed by atoms with Crippen molar-refractivity contribution in [1.82, 2.24) is 19.4 Å². The Morgan fingerprint density at radius 1 is 1.05 bits per heavy atom. The molecular formula is C16H24IN5. The summed E-state index contributed by atoms with van der Waals surface area (Å²) in [5.74, 6) is 0.970. The number of hydrogen-bond donors (Lipinski definition) is 0. The summed E-state index contributed by atoms with van der Waals surface area (Å²) in [6.45, 7) is 1.54. The molecule has 0 aliphatic carbocycles. The number of aliphatic imine (C=N–C) groups is 1. The molecule has 0 atom stereocenters. The van der Waals surface area contributed by atoms with Gasteiger partial charge in [-0.05, 0) is 11.1 Å². The highest BCUT2D eigenvalue weighted by molar-refractivity contribution is 14.0.